The van der Waals surface area contributed by atoms with Gasteiger partial charge < -0.3 is 19.7 Å². The lowest BCUT2D eigenvalue weighted by Gasteiger charge is -2.63. The van der Waals surface area contributed by atoms with Crippen LogP contribution in [-0.2, 0) is 9.47 Å². The highest BCUT2D eigenvalue weighted by Gasteiger charge is 2.88. The van der Waals surface area contributed by atoms with E-state index in [1.165, 1.54) is 38.5 Å². The molecule has 7 rings (SSSR count). The van der Waals surface area contributed by atoms with E-state index in [-0.39, 0.29) is 33.9 Å². The Morgan fingerprint density at radius 1 is 0.882 bits per heavy atom. The fourth-order valence-electron chi connectivity index (χ4n) is 12.7. The highest BCUT2D eigenvalue weighted by Crippen LogP contribution is 2.90. The van der Waals surface area contributed by atoms with Crippen molar-refractivity contribution in [2.45, 2.75) is 123 Å². The number of rotatable bonds is 1. The summed E-state index contributed by atoms with van der Waals surface area (Å²) < 4.78 is 13.8. The monoisotopic (exact) mass is 472 g/mol. The maximum Gasteiger partial charge on any atom is 0.199 e. The molecular formula is C30H48O4. The van der Waals surface area contributed by atoms with E-state index < -0.39 is 11.9 Å². The molecule has 4 nitrogen and oxygen atoms in total. The number of ether oxygens (including phenoxy) is 2. The van der Waals surface area contributed by atoms with Gasteiger partial charge in [0.15, 0.2) is 5.79 Å². The van der Waals surface area contributed by atoms with Crippen molar-refractivity contribution in [2.75, 3.05) is 6.61 Å². The summed E-state index contributed by atoms with van der Waals surface area (Å²) in [5, 5.41) is 23.4. The van der Waals surface area contributed by atoms with Gasteiger partial charge >= 0.3 is 0 Å². The summed E-state index contributed by atoms with van der Waals surface area (Å²) in [6.07, 6.45) is 8.57. The van der Waals surface area contributed by atoms with Crippen molar-refractivity contribution in [3.8, 4) is 0 Å². The predicted octanol–water partition coefficient (Wildman–Crippen LogP) is 5.54. The van der Waals surface area contributed by atoms with E-state index >= 15 is 0 Å². The van der Waals surface area contributed by atoms with Gasteiger partial charge in [-0.25, -0.2) is 0 Å². The topological polar surface area (TPSA) is 58.9 Å². The fourth-order valence-corrected chi connectivity index (χ4v) is 12.7. The zero-order valence-corrected chi connectivity index (χ0v) is 22.6. The van der Waals surface area contributed by atoms with E-state index in [4.69, 9.17) is 9.47 Å². The summed E-state index contributed by atoms with van der Waals surface area (Å²) in [5.41, 5.74) is 0.281. The van der Waals surface area contributed by atoms with Crippen LogP contribution in [0, 0.1) is 56.7 Å². The third kappa shape index (κ3) is 2.04. The van der Waals surface area contributed by atoms with Crippen LogP contribution < -0.4 is 0 Å². The average molecular weight is 473 g/mol. The van der Waals surface area contributed by atoms with Gasteiger partial charge in [0.1, 0.15) is 6.10 Å². The molecule has 0 aromatic carbocycles. The van der Waals surface area contributed by atoms with Gasteiger partial charge in [-0.05, 0) is 96.7 Å². The molecule has 2 heterocycles. The standard InChI is InChI=1S/C30H48O4/c1-17(2)29-14-18(3)22-25(6)12-13-28-15-27(28)11-10-21(31)24(4,5)19(27)8-9-20(28)26(25,7)23(32)30(22,34-29)33-16-29/h17-23,31-32H,8-16H2,1-7H3/t18-,19-,20+,21-,22+,23-,25-,26+,27-,28+,29+,30+/m0/s1. The van der Waals surface area contributed by atoms with E-state index in [1.54, 1.807) is 0 Å². The molecule has 34 heavy (non-hydrogen) atoms. The van der Waals surface area contributed by atoms with Gasteiger partial charge in [0.2, 0.25) is 0 Å². The van der Waals surface area contributed by atoms with Crippen molar-refractivity contribution in [3.05, 3.63) is 0 Å². The van der Waals surface area contributed by atoms with Crippen LogP contribution in [0.1, 0.15) is 99.8 Å². The molecule has 5 aliphatic carbocycles. The van der Waals surface area contributed by atoms with Gasteiger partial charge in [0, 0.05) is 11.3 Å². The third-order valence-electron chi connectivity index (χ3n) is 14.5. The van der Waals surface area contributed by atoms with Crippen molar-refractivity contribution in [3.63, 3.8) is 0 Å². The van der Waals surface area contributed by atoms with Crippen molar-refractivity contribution in [2.24, 2.45) is 56.7 Å². The molecule has 0 amide bonds. The van der Waals surface area contributed by atoms with Crippen LogP contribution in [0.3, 0.4) is 0 Å². The van der Waals surface area contributed by atoms with Crippen molar-refractivity contribution in [1.29, 1.82) is 0 Å². The molecule has 2 bridgehead atoms. The van der Waals surface area contributed by atoms with Crippen LogP contribution >= 0.6 is 0 Å². The fraction of sp³-hybridized carbons (Fsp3) is 1.00. The average Bonchev–Trinajstić information content (AvgIpc) is 3.29. The Hall–Kier alpha value is -0.160. The van der Waals surface area contributed by atoms with Gasteiger partial charge in [0.25, 0.3) is 0 Å². The van der Waals surface area contributed by atoms with E-state index in [9.17, 15) is 10.2 Å². The molecule has 5 saturated carbocycles. The molecule has 2 aliphatic heterocycles. The normalized spacial score (nSPS) is 65.1. The maximum absolute atomic E-state index is 12.5. The van der Waals surface area contributed by atoms with E-state index in [2.05, 4.69) is 48.5 Å². The highest BCUT2D eigenvalue weighted by atomic mass is 16.8. The molecule has 7 aliphatic rings. The Morgan fingerprint density at radius 2 is 1.56 bits per heavy atom. The van der Waals surface area contributed by atoms with E-state index in [1.807, 2.05) is 0 Å². The van der Waals surface area contributed by atoms with Crippen LogP contribution in [-0.4, -0.2) is 40.4 Å². The number of aliphatic hydroxyl groups is 2. The van der Waals surface area contributed by atoms with Gasteiger partial charge in [-0.2, -0.15) is 0 Å². The summed E-state index contributed by atoms with van der Waals surface area (Å²) in [5.74, 6) is 1.42. The van der Waals surface area contributed by atoms with Gasteiger partial charge in [0.05, 0.1) is 18.3 Å². The number of hydrogen-bond acceptors (Lipinski definition) is 4. The smallest absolute Gasteiger partial charge is 0.199 e. The second kappa shape index (κ2) is 6.11. The Balaban J connectivity index is 1.33. The molecule has 7 fully saturated rings. The van der Waals surface area contributed by atoms with Gasteiger partial charge in [-0.15, -0.1) is 0 Å². The molecule has 3 spiro atoms. The van der Waals surface area contributed by atoms with Crippen LogP contribution in [0.4, 0.5) is 0 Å². The predicted molar refractivity (Wildman–Crippen MR) is 131 cm³/mol. The number of fused-ring (bicyclic) bond motifs is 4. The summed E-state index contributed by atoms with van der Waals surface area (Å²) in [6, 6.07) is 0. The van der Waals surface area contributed by atoms with E-state index in [0.29, 0.717) is 41.1 Å². The Morgan fingerprint density at radius 3 is 2.26 bits per heavy atom. The molecule has 2 saturated heterocycles. The first-order valence-corrected chi connectivity index (χ1v) is 14.5. The first-order chi connectivity index (χ1) is 15.8. The zero-order valence-electron chi connectivity index (χ0n) is 22.6. The third-order valence-corrected chi connectivity index (χ3v) is 14.5. The molecule has 12 atom stereocenters. The maximum atomic E-state index is 12.5. The molecular weight excluding hydrogens is 424 g/mol. The Bertz CT molecular complexity index is 931. The Labute approximate surface area is 206 Å². The number of hydrogen-bond donors (Lipinski definition) is 2. The summed E-state index contributed by atoms with van der Waals surface area (Å²) in [7, 11) is 0. The quantitative estimate of drug-likeness (QED) is 0.526. The van der Waals surface area contributed by atoms with Gasteiger partial charge in [-0.3, -0.25) is 0 Å². The molecule has 0 aromatic heterocycles. The van der Waals surface area contributed by atoms with Crippen molar-refractivity contribution in [1.82, 2.24) is 0 Å². The second-order valence-electron chi connectivity index (χ2n) is 15.6. The van der Waals surface area contributed by atoms with Crippen molar-refractivity contribution >= 4 is 0 Å². The molecule has 192 valence electrons. The van der Waals surface area contributed by atoms with Crippen LogP contribution in [0.15, 0.2) is 0 Å². The molecule has 0 unspecified atom stereocenters. The lowest BCUT2D eigenvalue weighted by Crippen LogP contribution is -2.60. The lowest BCUT2D eigenvalue weighted by atomic mass is 9.41. The largest absolute Gasteiger partial charge is 0.393 e. The highest BCUT2D eigenvalue weighted by molar-refractivity contribution is 5.34. The SMILES string of the molecule is CC(C)[C@@]12CO[C@]3(O1)[C@@H](O)[C@@]1(C)[C@H]4CC[C@H]5C(C)(C)[C@@H](O)CC[C@]56C[C@]46CC[C@@]1(C)[C@H]3[C@@H](C)C2. The lowest BCUT2D eigenvalue weighted by molar-refractivity contribution is -0.297. The van der Waals surface area contributed by atoms with Crippen LogP contribution in [0.2, 0.25) is 0 Å². The minimum absolute atomic E-state index is 0.00159. The van der Waals surface area contributed by atoms with Crippen LogP contribution in [0.5, 0.6) is 0 Å². The molecule has 2 N–H and O–H groups in total. The Kier molecular flexibility index (Phi) is 4.13. The molecule has 0 radical (unpaired) electrons. The second-order valence-corrected chi connectivity index (χ2v) is 15.6. The summed E-state index contributed by atoms with van der Waals surface area (Å²) in [6.45, 7) is 17.2. The summed E-state index contributed by atoms with van der Waals surface area (Å²) >= 11 is 0. The first-order valence-electron chi connectivity index (χ1n) is 14.5. The van der Waals surface area contributed by atoms with Crippen LogP contribution in [0.25, 0.3) is 0 Å². The minimum Gasteiger partial charge on any atom is -0.393 e. The first kappa shape index (κ1) is 23.0. The van der Waals surface area contributed by atoms with Crippen molar-refractivity contribution < 1.29 is 19.7 Å². The van der Waals surface area contributed by atoms with Gasteiger partial charge in [-0.1, -0.05) is 48.5 Å². The summed E-state index contributed by atoms with van der Waals surface area (Å²) in [4.78, 5) is 0. The minimum atomic E-state index is -0.835. The van der Waals surface area contributed by atoms with E-state index in [0.717, 1.165) is 12.8 Å². The molecule has 0 aromatic rings. The molecule has 4 heteroatoms. The number of aliphatic hydroxyl groups excluding tert-OH is 2. The zero-order chi connectivity index (χ0) is 24.3.